The van der Waals surface area contributed by atoms with Gasteiger partial charge in [0.05, 0.1) is 8.07 Å². The summed E-state index contributed by atoms with van der Waals surface area (Å²) < 4.78 is 0. The summed E-state index contributed by atoms with van der Waals surface area (Å²) in [6.45, 7) is 8.38. The minimum Gasteiger partial charge on any atom is -0.0653 e. The molecule has 13 heavy (non-hydrogen) atoms. The van der Waals surface area contributed by atoms with Crippen LogP contribution in [0.3, 0.4) is 0 Å². The number of rotatable bonds is 2. The van der Waals surface area contributed by atoms with Gasteiger partial charge in [0, 0.05) is 0 Å². The zero-order chi connectivity index (χ0) is 9.90. The molecule has 0 N–H and O–H groups in total. The first-order valence-corrected chi connectivity index (χ1v) is 10.7. The summed E-state index contributed by atoms with van der Waals surface area (Å²) >= 11 is 3.56. The normalized spacial score (nSPS) is 13.1. The van der Waals surface area contributed by atoms with E-state index in [4.69, 9.17) is 0 Å². The summed E-state index contributed by atoms with van der Waals surface area (Å²) in [6, 6.07) is 10.7. The van der Waals surface area contributed by atoms with E-state index in [0.29, 0.717) is 0 Å². The van der Waals surface area contributed by atoms with E-state index >= 15 is 0 Å². The zero-order valence-corrected chi connectivity index (χ0v) is 11.7. The molecule has 0 aliphatic carbocycles. The summed E-state index contributed by atoms with van der Waals surface area (Å²) in [7, 11) is -1.17. The van der Waals surface area contributed by atoms with Gasteiger partial charge < -0.3 is 0 Å². The van der Waals surface area contributed by atoms with Crippen LogP contribution in [0, 0.1) is 0 Å². The average molecular weight is 273 g/mol. The van der Waals surface area contributed by atoms with Gasteiger partial charge in [0.2, 0.25) is 0 Å². The second-order valence-corrected chi connectivity index (χ2v) is 11.2. The fourth-order valence-electron chi connectivity index (χ4n) is 1.20. The lowest BCUT2D eigenvalue weighted by Gasteiger charge is -2.19. The van der Waals surface area contributed by atoms with Crippen LogP contribution in [0.5, 0.6) is 0 Å². The third-order valence-electron chi connectivity index (χ3n) is 1.84. The van der Waals surface area contributed by atoms with Crippen molar-refractivity contribution in [3.05, 3.63) is 35.9 Å². The van der Waals surface area contributed by atoms with Gasteiger partial charge >= 0.3 is 0 Å². The van der Waals surface area contributed by atoms with Crippen LogP contribution in [0.25, 0.3) is 0 Å². The maximum Gasteiger partial charge on any atom is 0.0849 e. The summed E-state index contributed by atoms with van der Waals surface area (Å²) in [5.74, 6) is 0. The van der Waals surface area contributed by atoms with Gasteiger partial charge in [-0.2, -0.15) is 0 Å². The van der Waals surface area contributed by atoms with Crippen molar-refractivity contribution in [3.63, 3.8) is 0 Å². The van der Waals surface area contributed by atoms with Crippen LogP contribution in [0.4, 0.5) is 0 Å². The Hall–Kier alpha value is 0.0869. The largest absolute Gasteiger partial charge is 0.0849 e. The Balaban J connectivity index is 3.08. The molecule has 0 heterocycles. The number of hydrogen-bond donors (Lipinski definition) is 0. The Morgan fingerprint density at radius 2 is 1.69 bits per heavy atom. The Bertz CT molecular complexity index is 300. The first kappa shape index (κ1) is 11.2. The highest BCUT2D eigenvalue weighted by atomic mass is 79.9. The second kappa shape index (κ2) is 4.54. The third kappa shape index (κ3) is 3.05. The number of halogens is 1. The van der Waals surface area contributed by atoms with Crippen LogP contribution >= 0.6 is 22.4 Å². The highest BCUT2D eigenvalue weighted by molar-refractivity contribution is 9.36. The number of benzene rings is 1. The molecule has 70 valence electrons. The fourth-order valence-corrected chi connectivity index (χ4v) is 8.90. The van der Waals surface area contributed by atoms with E-state index in [-0.39, 0.29) is 0 Å². The van der Waals surface area contributed by atoms with Crippen molar-refractivity contribution in [2.75, 3.05) is 0 Å². The Morgan fingerprint density at radius 1 is 1.15 bits per heavy atom. The van der Waals surface area contributed by atoms with E-state index in [0.717, 1.165) is 0 Å². The van der Waals surface area contributed by atoms with Crippen molar-refractivity contribution < 1.29 is 0 Å². The van der Waals surface area contributed by atoms with Gasteiger partial charge in [-0.15, -0.1) is 0 Å². The molecular weight excluding hydrogens is 259 g/mol. The van der Waals surface area contributed by atoms with Gasteiger partial charge in [-0.1, -0.05) is 50.0 Å². The lowest BCUT2D eigenvalue weighted by Crippen LogP contribution is -2.32. The molecule has 0 spiro atoms. The number of hydrogen-bond acceptors (Lipinski definition) is 0. The summed E-state index contributed by atoms with van der Waals surface area (Å²) in [5.41, 5.74) is 1.39. The quantitative estimate of drug-likeness (QED) is 0.555. The first-order valence-electron chi connectivity index (χ1n) is 4.30. The molecule has 0 aliphatic heterocycles. The van der Waals surface area contributed by atoms with E-state index < -0.39 is 8.07 Å². The van der Waals surface area contributed by atoms with Crippen molar-refractivity contribution in [1.29, 1.82) is 0 Å². The van der Waals surface area contributed by atoms with Crippen molar-refractivity contribution in [2.45, 2.75) is 19.6 Å². The SMILES string of the molecule is C[Si](C)(C)C(=PBr)c1ccccc1. The molecular formula is C10H14BrPSi. The van der Waals surface area contributed by atoms with Crippen molar-refractivity contribution in [2.24, 2.45) is 0 Å². The molecule has 0 saturated carbocycles. The smallest absolute Gasteiger partial charge is 0.0653 e. The molecule has 0 unspecified atom stereocenters. The van der Waals surface area contributed by atoms with Gasteiger partial charge in [0.1, 0.15) is 0 Å². The summed E-state index contributed by atoms with van der Waals surface area (Å²) in [6.07, 6.45) is 0. The molecule has 0 radical (unpaired) electrons. The van der Waals surface area contributed by atoms with E-state index in [1.54, 1.807) is 4.92 Å². The van der Waals surface area contributed by atoms with Gasteiger partial charge in [-0.3, -0.25) is 0 Å². The fraction of sp³-hybridized carbons (Fsp3) is 0.300. The lowest BCUT2D eigenvalue weighted by molar-refractivity contribution is 1.67. The lowest BCUT2D eigenvalue weighted by atomic mass is 10.2. The molecule has 0 saturated heterocycles. The predicted molar refractivity (Wildman–Crippen MR) is 69.7 cm³/mol. The van der Waals surface area contributed by atoms with Crippen LogP contribution in [0.2, 0.25) is 19.6 Å². The molecule has 1 aromatic rings. The molecule has 3 heteroatoms. The standard InChI is InChI=1S/C10H14BrPSi/c1-13(2,3)10(12-11)9-7-5-4-6-8-9/h4-8H,1-3H3. The third-order valence-corrected chi connectivity index (χ3v) is 8.37. The van der Waals surface area contributed by atoms with Gasteiger partial charge in [-0.25, -0.2) is 0 Å². The van der Waals surface area contributed by atoms with Crippen LogP contribution in [0.1, 0.15) is 5.56 Å². The molecule has 0 fully saturated rings. The molecule has 0 atom stereocenters. The van der Waals surface area contributed by atoms with Crippen LogP contribution in [0.15, 0.2) is 30.3 Å². The van der Waals surface area contributed by atoms with Gasteiger partial charge in [0.25, 0.3) is 0 Å². The molecule has 0 amide bonds. The Labute approximate surface area is 90.9 Å². The molecule has 1 rings (SSSR count). The topological polar surface area (TPSA) is 0 Å². The molecule has 0 aromatic heterocycles. The van der Waals surface area contributed by atoms with E-state index in [2.05, 4.69) is 65.5 Å². The van der Waals surface area contributed by atoms with E-state index in [9.17, 15) is 0 Å². The maximum atomic E-state index is 3.56. The average Bonchev–Trinajstić information content (AvgIpc) is 2.05. The first-order chi connectivity index (χ1) is 6.05. The summed E-state index contributed by atoms with van der Waals surface area (Å²) in [4.78, 5) is 1.56. The maximum absolute atomic E-state index is 3.56. The predicted octanol–water partition coefficient (Wildman–Crippen LogP) is 4.34. The molecule has 0 aliphatic rings. The monoisotopic (exact) mass is 272 g/mol. The summed E-state index contributed by atoms with van der Waals surface area (Å²) in [5, 5.41) is 0. The second-order valence-electron chi connectivity index (χ2n) is 4.05. The van der Waals surface area contributed by atoms with Crippen molar-refractivity contribution in [1.82, 2.24) is 0 Å². The van der Waals surface area contributed by atoms with Crippen LogP contribution in [-0.4, -0.2) is 13.0 Å². The zero-order valence-electron chi connectivity index (χ0n) is 8.21. The molecule has 0 nitrogen and oxygen atoms in total. The minimum absolute atomic E-state index is 1.17. The minimum atomic E-state index is -1.17. The van der Waals surface area contributed by atoms with E-state index in [1.807, 2.05) is 0 Å². The Morgan fingerprint density at radius 3 is 2.08 bits per heavy atom. The van der Waals surface area contributed by atoms with Crippen LogP contribution < -0.4 is 0 Å². The van der Waals surface area contributed by atoms with Crippen molar-refractivity contribution >= 4 is 35.4 Å². The van der Waals surface area contributed by atoms with E-state index in [1.165, 1.54) is 12.5 Å². The van der Waals surface area contributed by atoms with Gasteiger partial charge in [-0.05, 0) is 32.9 Å². The highest BCUT2D eigenvalue weighted by Gasteiger charge is 2.20. The van der Waals surface area contributed by atoms with Gasteiger partial charge in [0.15, 0.2) is 0 Å². The molecule has 0 bridgehead atoms. The molecule has 1 aromatic carbocycles. The van der Waals surface area contributed by atoms with Crippen LogP contribution in [-0.2, 0) is 0 Å². The highest BCUT2D eigenvalue weighted by Crippen LogP contribution is 2.23. The van der Waals surface area contributed by atoms with Crippen molar-refractivity contribution in [3.8, 4) is 0 Å². The Kier molecular flexibility index (Phi) is 3.90.